The zero-order valence-corrected chi connectivity index (χ0v) is 10.1. The molecule has 0 aromatic heterocycles. The van der Waals surface area contributed by atoms with Crippen LogP contribution in [0.1, 0.15) is 11.1 Å². The monoisotopic (exact) mass is 282 g/mol. The number of hydrogen-bond donors (Lipinski definition) is 0. The van der Waals surface area contributed by atoms with Crippen LogP contribution in [0.3, 0.4) is 0 Å². The van der Waals surface area contributed by atoms with E-state index in [2.05, 4.69) is 15.9 Å². The van der Waals surface area contributed by atoms with Crippen LogP contribution >= 0.6 is 26.6 Å². The lowest BCUT2D eigenvalue weighted by atomic mass is 10.1. The summed E-state index contributed by atoms with van der Waals surface area (Å²) in [6, 6.07) is 5.40. The Bertz CT molecular complexity index is 414. The smallest absolute Gasteiger partial charge is 0.212 e. The minimum atomic E-state index is -3.47. The Labute approximate surface area is 90.5 Å². The van der Waals surface area contributed by atoms with E-state index in [-0.39, 0.29) is 5.75 Å². The third-order valence-corrected chi connectivity index (χ3v) is 3.55. The van der Waals surface area contributed by atoms with Crippen molar-refractivity contribution in [2.75, 3.05) is 0 Å². The van der Waals surface area contributed by atoms with Crippen LogP contribution < -0.4 is 0 Å². The van der Waals surface area contributed by atoms with Crippen molar-refractivity contribution in [3.63, 3.8) is 0 Å². The molecule has 0 unspecified atom stereocenters. The maximum atomic E-state index is 10.8. The molecule has 1 aromatic carbocycles. The molecule has 0 spiro atoms. The highest BCUT2D eigenvalue weighted by Crippen LogP contribution is 2.21. The molecule has 0 aliphatic carbocycles. The molecule has 0 saturated heterocycles. The zero-order valence-electron chi connectivity index (χ0n) is 6.92. The summed E-state index contributed by atoms with van der Waals surface area (Å²) >= 11 is 3.32. The van der Waals surface area contributed by atoms with Crippen LogP contribution in [-0.2, 0) is 14.8 Å². The van der Waals surface area contributed by atoms with Gasteiger partial charge in [-0.05, 0) is 24.1 Å². The van der Waals surface area contributed by atoms with Gasteiger partial charge in [0.25, 0.3) is 0 Å². The molecular formula is C8H8BrClO2S. The van der Waals surface area contributed by atoms with E-state index in [1.54, 1.807) is 12.1 Å². The molecule has 0 radical (unpaired) electrons. The molecule has 1 rings (SSSR count). The van der Waals surface area contributed by atoms with Gasteiger partial charge in [-0.3, -0.25) is 0 Å². The molecular weight excluding hydrogens is 276 g/mol. The average molecular weight is 284 g/mol. The van der Waals surface area contributed by atoms with Crippen LogP contribution in [0.25, 0.3) is 0 Å². The summed E-state index contributed by atoms with van der Waals surface area (Å²) in [5, 5.41) is 0. The maximum Gasteiger partial charge on any atom is 0.236 e. The Morgan fingerprint density at radius 2 is 2.08 bits per heavy atom. The Kier molecular flexibility index (Phi) is 3.38. The fourth-order valence-electron chi connectivity index (χ4n) is 0.994. The van der Waals surface area contributed by atoms with E-state index in [0.717, 1.165) is 15.6 Å². The predicted octanol–water partition coefficient (Wildman–Crippen LogP) is 2.83. The van der Waals surface area contributed by atoms with Crippen molar-refractivity contribution in [2.24, 2.45) is 0 Å². The van der Waals surface area contributed by atoms with Gasteiger partial charge >= 0.3 is 0 Å². The maximum absolute atomic E-state index is 10.8. The third kappa shape index (κ3) is 3.29. The van der Waals surface area contributed by atoms with Crippen molar-refractivity contribution in [1.29, 1.82) is 0 Å². The van der Waals surface area contributed by atoms with Crippen molar-refractivity contribution >= 4 is 35.7 Å². The summed E-state index contributed by atoms with van der Waals surface area (Å²) in [6.45, 7) is 1.85. The molecule has 0 aliphatic heterocycles. The first kappa shape index (κ1) is 11.0. The predicted molar refractivity (Wildman–Crippen MR) is 57.4 cm³/mol. The van der Waals surface area contributed by atoms with Gasteiger partial charge in [0.2, 0.25) is 9.05 Å². The van der Waals surface area contributed by atoms with Crippen molar-refractivity contribution in [1.82, 2.24) is 0 Å². The molecule has 0 bridgehead atoms. The second-order valence-electron chi connectivity index (χ2n) is 2.71. The number of rotatable bonds is 2. The van der Waals surface area contributed by atoms with E-state index in [1.165, 1.54) is 0 Å². The van der Waals surface area contributed by atoms with Crippen LogP contribution in [0.4, 0.5) is 0 Å². The minimum Gasteiger partial charge on any atom is -0.212 e. The Morgan fingerprint density at radius 3 is 2.62 bits per heavy atom. The van der Waals surface area contributed by atoms with Gasteiger partial charge in [0, 0.05) is 15.2 Å². The lowest BCUT2D eigenvalue weighted by molar-refractivity contribution is 0.608. The summed E-state index contributed by atoms with van der Waals surface area (Å²) in [6.07, 6.45) is 0. The largest absolute Gasteiger partial charge is 0.236 e. The lowest BCUT2D eigenvalue weighted by Gasteiger charge is -2.04. The highest BCUT2D eigenvalue weighted by atomic mass is 79.9. The van der Waals surface area contributed by atoms with Crippen molar-refractivity contribution in [3.05, 3.63) is 33.8 Å². The van der Waals surface area contributed by atoms with Gasteiger partial charge in [0.05, 0.1) is 5.75 Å². The lowest BCUT2D eigenvalue weighted by Crippen LogP contribution is -1.97. The molecule has 0 amide bonds. The van der Waals surface area contributed by atoms with Gasteiger partial charge in [0.1, 0.15) is 0 Å². The van der Waals surface area contributed by atoms with Crippen molar-refractivity contribution in [2.45, 2.75) is 12.7 Å². The number of halogens is 2. The van der Waals surface area contributed by atoms with Crippen molar-refractivity contribution in [3.8, 4) is 0 Å². The first-order valence-electron chi connectivity index (χ1n) is 3.56. The fourth-order valence-corrected chi connectivity index (χ4v) is 2.44. The van der Waals surface area contributed by atoms with E-state index >= 15 is 0 Å². The molecule has 72 valence electrons. The van der Waals surface area contributed by atoms with Crippen LogP contribution in [0, 0.1) is 6.92 Å². The summed E-state index contributed by atoms with van der Waals surface area (Å²) in [5.41, 5.74) is 1.64. The summed E-state index contributed by atoms with van der Waals surface area (Å²) < 4.78 is 22.5. The summed E-state index contributed by atoms with van der Waals surface area (Å²) in [7, 11) is 1.68. The second kappa shape index (κ2) is 3.98. The van der Waals surface area contributed by atoms with Crippen LogP contribution in [0.2, 0.25) is 0 Å². The van der Waals surface area contributed by atoms with E-state index in [4.69, 9.17) is 10.7 Å². The van der Waals surface area contributed by atoms with Crippen LogP contribution in [0.5, 0.6) is 0 Å². The molecule has 1 aromatic rings. The molecule has 0 N–H and O–H groups in total. The van der Waals surface area contributed by atoms with E-state index < -0.39 is 9.05 Å². The average Bonchev–Trinajstić information content (AvgIpc) is 1.96. The topological polar surface area (TPSA) is 34.1 Å². The highest BCUT2D eigenvalue weighted by Gasteiger charge is 2.10. The number of benzene rings is 1. The quantitative estimate of drug-likeness (QED) is 0.782. The van der Waals surface area contributed by atoms with Gasteiger partial charge in [-0.2, -0.15) is 0 Å². The fraction of sp³-hybridized carbons (Fsp3) is 0.250. The van der Waals surface area contributed by atoms with Gasteiger partial charge in [-0.25, -0.2) is 8.42 Å². The van der Waals surface area contributed by atoms with Gasteiger partial charge in [-0.1, -0.05) is 28.1 Å². The third-order valence-electron chi connectivity index (χ3n) is 1.71. The Morgan fingerprint density at radius 1 is 1.46 bits per heavy atom. The van der Waals surface area contributed by atoms with E-state index in [9.17, 15) is 8.42 Å². The number of hydrogen-bond acceptors (Lipinski definition) is 2. The van der Waals surface area contributed by atoms with Gasteiger partial charge < -0.3 is 0 Å². The minimum absolute atomic E-state index is 0.125. The van der Waals surface area contributed by atoms with Gasteiger partial charge in [-0.15, -0.1) is 0 Å². The first-order valence-corrected chi connectivity index (χ1v) is 6.83. The zero-order chi connectivity index (χ0) is 10.1. The molecule has 0 heterocycles. The normalized spacial score (nSPS) is 11.6. The van der Waals surface area contributed by atoms with Gasteiger partial charge in [0.15, 0.2) is 0 Å². The highest BCUT2D eigenvalue weighted by molar-refractivity contribution is 9.10. The molecule has 13 heavy (non-hydrogen) atoms. The Balaban J connectivity index is 3.10. The molecule has 0 fully saturated rings. The molecule has 5 heteroatoms. The summed E-state index contributed by atoms with van der Waals surface area (Å²) in [5.74, 6) is -0.125. The van der Waals surface area contributed by atoms with Crippen LogP contribution in [0.15, 0.2) is 22.7 Å². The first-order chi connectivity index (χ1) is 5.90. The van der Waals surface area contributed by atoms with E-state index in [0.29, 0.717) is 0 Å². The molecule has 2 nitrogen and oxygen atoms in total. The molecule has 0 saturated carbocycles. The van der Waals surface area contributed by atoms with Crippen LogP contribution in [-0.4, -0.2) is 8.42 Å². The SMILES string of the molecule is Cc1c(Br)cccc1CS(=O)(=O)Cl. The second-order valence-corrected chi connectivity index (χ2v) is 6.34. The Hall–Kier alpha value is -0.0600. The van der Waals surface area contributed by atoms with E-state index in [1.807, 2.05) is 13.0 Å². The molecule has 0 atom stereocenters. The standard InChI is InChI=1S/C8H8BrClO2S/c1-6-7(5-13(10,11)12)3-2-4-8(6)9/h2-4H,5H2,1H3. The van der Waals surface area contributed by atoms with Crippen molar-refractivity contribution < 1.29 is 8.42 Å². The summed E-state index contributed by atoms with van der Waals surface area (Å²) in [4.78, 5) is 0. The molecule has 0 aliphatic rings.